The van der Waals surface area contributed by atoms with Crippen molar-refractivity contribution in [3.63, 3.8) is 0 Å². The van der Waals surface area contributed by atoms with Gasteiger partial charge in [0.25, 0.3) is 0 Å². The second kappa shape index (κ2) is 68.9. The Morgan fingerprint density at radius 2 is 0.667 bits per heavy atom. The molecule has 0 aliphatic carbocycles. The van der Waals surface area contributed by atoms with Crippen LogP contribution in [0.4, 0.5) is 0 Å². The molecule has 0 heterocycles. The van der Waals surface area contributed by atoms with Crippen LogP contribution in [0.1, 0.15) is 0 Å². The fourth-order valence-corrected chi connectivity index (χ4v) is 0. The molecule has 6 heavy (non-hydrogen) atoms. The molecule has 34 valence electrons. The zero-order valence-corrected chi connectivity index (χ0v) is 1.89. The van der Waals surface area contributed by atoms with Crippen molar-refractivity contribution in [1.29, 1.82) is 0 Å². The van der Waals surface area contributed by atoms with Gasteiger partial charge < -0.3 is 11.0 Å². The van der Waals surface area contributed by atoms with E-state index in [1.54, 1.807) is 0 Å². The summed E-state index contributed by atoms with van der Waals surface area (Å²) in [4.78, 5) is 0. The average molecular weight is 118 g/mol. The van der Waals surface area contributed by atoms with E-state index in [9.17, 15) is 0 Å². The van der Waals surface area contributed by atoms with Crippen LogP contribution >= 0.6 is 0 Å². The quantitative estimate of drug-likeness (QED) is 0.202. The number of hydrogen-bond donors (Lipinski definition) is 2. The van der Waals surface area contributed by atoms with E-state index in [4.69, 9.17) is 10.5 Å². The molecule has 6 N–H and O–H groups in total. The Bertz CT molecular complexity index is 5.51. The summed E-state index contributed by atoms with van der Waals surface area (Å²) in [5.41, 5.74) is 0. The summed E-state index contributed by atoms with van der Waals surface area (Å²) in [6, 6.07) is 0. The van der Waals surface area contributed by atoms with E-state index in [0.717, 1.165) is 0 Å². The van der Waals surface area contributed by atoms with Crippen molar-refractivity contribution in [2.75, 3.05) is 0 Å². The predicted octanol–water partition coefficient (Wildman–Crippen LogP) is -2.93. The van der Waals surface area contributed by atoms with Gasteiger partial charge in [-0.25, -0.2) is 0 Å². The number of hydrogen-bond acceptors (Lipinski definition) is 2. The first-order valence-electron chi connectivity index (χ1n) is 0.200. The van der Waals surface area contributed by atoms with Gasteiger partial charge in [-0.15, -0.1) is 0 Å². The molecule has 0 spiro atoms. The van der Waals surface area contributed by atoms with Crippen molar-refractivity contribution in [3.8, 4) is 0 Å². The van der Waals surface area contributed by atoms with E-state index >= 15 is 0 Å². The molecule has 0 aromatic rings. The Labute approximate surface area is 79.7 Å². The molecule has 6 heteroatoms. The van der Waals surface area contributed by atoms with Crippen LogP contribution in [0.3, 0.4) is 0 Å². The van der Waals surface area contributed by atoms with Gasteiger partial charge in [0.15, 0.2) is 0 Å². The van der Waals surface area contributed by atoms with Gasteiger partial charge in [-0.1, -0.05) is 0 Å². The van der Waals surface area contributed by atoms with Crippen LogP contribution in [0.15, 0.2) is 0 Å². The van der Waals surface area contributed by atoms with E-state index in [1.807, 2.05) is 0 Å². The molecule has 0 saturated heterocycles. The summed E-state index contributed by atoms with van der Waals surface area (Å²) in [6.07, 6.45) is 0. The van der Waals surface area contributed by atoms with Crippen molar-refractivity contribution in [2.24, 2.45) is 0 Å². The molecule has 4 nitrogen and oxygen atoms in total. The summed E-state index contributed by atoms with van der Waals surface area (Å²) < 4.78 is 0. The van der Waals surface area contributed by atoms with Crippen LogP contribution in [-0.2, 0) is 0 Å². The molecule has 0 aromatic heterocycles. The fraction of sp³-hybridized carbons (Fsp3) is 0. The topological polar surface area (TPSA) is 103 Å². The first kappa shape index (κ1) is 45.5. The van der Waals surface area contributed by atoms with Crippen molar-refractivity contribution in [1.82, 2.24) is 0 Å². The molecule has 0 saturated carbocycles. The first-order chi connectivity index (χ1) is 1.00. The van der Waals surface area contributed by atoms with Gasteiger partial charge in [-0.2, -0.15) is 0 Å². The SMILES string of the molecule is O.O.OO.[NaH].[NaH]. The van der Waals surface area contributed by atoms with Crippen molar-refractivity contribution in [2.45, 2.75) is 0 Å². The van der Waals surface area contributed by atoms with Gasteiger partial charge in [-0.3, -0.25) is 10.5 Å². The van der Waals surface area contributed by atoms with E-state index in [2.05, 4.69) is 0 Å². The minimum absolute atomic E-state index is 0. The minimum atomic E-state index is 0. The van der Waals surface area contributed by atoms with Crippen LogP contribution in [0.2, 0.25) is 0 Å². The zero-order chi connectivity index (χ0) is 2.00. The third-order valence-corrected chi connectivity index (χ3v) is 0. The van der Waals surface area contributed by atoms with Gasteiger partial charge >= 0.3 is 59.1 Å². The Morgan fingerprint density at radius 3 is 0.667 bits per heavy atom. The second-order valence-corrected chi connectivity index (χ2v) is 0. The molecule has 0 amide bonds. The Hall–Kier alpha value is 1.84. The van der Waals surface area contributed by atoms with Gasteiger partial charge in [-0.05, 0) is 0 Å². The summed E-state index contributed by atoms with van der Waals surface area (Å²) >= 11 is 0. The first-order valence-corrected chi connectivity index (χ1v) is 0.200. The van der Waals surface area contributed by atoms with E-state index < -0.39 is 0 Å². The fourth-order valence-electron chi connectivity index (χ4n) is 0. The average Bonchev–Trinajstić information content (AvgIpc) is 1.00. The normalized spacial score (nSPS) is 1.00. The van der Waals surface area contributed by atoms with E-state index in [0.29, 0.717) is 0 Å². The van der Waals surface area contributed by atoms with Crippen molar-refractivity contribution < 1.29 is 21.5 Å². The molecule has 0 fully saturated rings. The van der Waals surface area contributed by atoms with Crippen LogP contribution in [0.25, 0.3) is 0 Å². The molecule has 0 bridgehead atoms. The third kappa shape index (κ3) is 40.4. The second-order valence-electron chi connectivity index (χ2n) is 0. The number of rotatable bonds is 0. The monoisotopic (exact) mass is 118 g/mol. The Kier molecular flexibility index (Phi) is 522. The standard InChI is InChI=1S/2Na.H2O2.2H2O.2H/c;;1-2;;;;/h;;1-2H;2*1H2;;. The van der Waals surface area contributed by atoms with Crippen molar-refractivity contribution >= 4 is 59.1 Å². The molecule has 0 aliphatic rings. The van der Waals surface area contributed by atoms with E-state index in [-0.39, 0.29) is 70.1 Å². The molecular formula is H8Na2O4. The molecule has 0 radical (unpaired) electrons. The summed E-state index contributed by atoms with van der Waals surface area (Å²) in [5.74, 6) is 0. The van der Waals surface area contributed by atoms with Crippen molar-refractivity contribution in [3.05, 3.63) is 0 Å². The third-order valence-electron chi connectivity index (χ3n) is 0. The Balaban J connectivity index is -0.000000000833. The van der Waals surface area contributed by atoms with Gasteiger partial charge in [0, 0.05) is 0 Å². The molecule has 0 aromatic carbocycles. The van der Waals surface area contributed by atoms with Gasteiger partial charge in [0.2, 0.25) is 0 Å². The molecule has 0 atom stereocenters. The predicted molar refractivity (Wildman–Crippen MR) is 26.8 cm³/mol. The molecule has 0 aliphatic heterocycles. The maximum absolute atomic E-state index is 6.00. The Morgan fingerprint density at radius 1 is 0.667 bits per heavy atom. The molecule has 0 rings (SSSR count). The zero-order valence-electron chi connectivity index (χ0n) is 1.89. The molecular weight excluding hydrogens is 110 g/mol. The van der Waals surface area contributed by atoms with Crippen LogP contribution in [0, 0.1) is 0 Å². The van der Waals surface area contributed by atoms with Crippen LogP contribution < -0.4 is 0 Å². The summed E-state index contributed by atoms with van der Waals surface area (Å²) in [7, 11) is 0. The summed E-state index contributed by atoms with van der Waals surface area (Å²) in [6.45, 7) is 0. The van der Waals surface area contributed by atoms with Gasteiger partial charge in [0.1, 0.15) is 0 Å². The molecule has 0 unspecified atom stereocenters. The van der Waals surface area contributed by atoms with Gasteiger partial charge in [0.05, 0.1) is 0 Å². The maximum atomic E-state index is 6.00. The summed E-state index contributed by atoms with van der Waals surface area (Å²) in [5, 5.41) is 12.0. The van der Waals surface area contributed by atoms with Crippen LogP contribution in [0.5, 0.6) is 0 Å². The van der Waals surface area contributed by atoms with E-state index in [1.165, 1.54) is 0 Å². The van der Waals surface area contributed by atoms with Crippen LogP contribution in [-0.4, -0.2) is 80.6 Å².